The van der Waals surface area contributed by atoms with Gasteiger partial charge in [0.1, 0.15) is 24.4 Å². The molecule has 0 radical (unpaired) electrons. The second-order valence-corrected chi connectivity index (χ2v) is 16.2. The number of hydrogen-bond acceptors (Lipinski definition) is 8. The Morgan fingerprint density at radius 2 is 1.02 bits per heavy atom. The predicted octanol–water partition coefficient (Wildman–Crippen LogP) is 9.50. The van der Waals surface area contributed by atoms with Gasteiger partial charge in [-0.25, -0.2) is 0 Å². The van der Waals surface area contributed by atoms with Crippen LogP contribution in [0, 0.1) is 0 Å². The summed E-state index contributed by atoms with van der Waals surface area (Å²) in [6, 6.07) is -0.802. The zero-order chi connectivity index (χ0) is 40.2. The van der Waals surface area contributed by atoms with Crippen molar-refractivity contribution in [3.8, 4) is 0 Å². The van der Waals surface area contributed by atoms with Crippen LogP contribution < -0.4 is 5.32 Å². The van der Waals surface area contributed by atoms with Gasteiger partial charge in [0.2, 0.25) is 5.91 Å². The van der Waals surface area contributed by atoms with Gasteiger partial charge in [-0.05, 0) is 44.9 Å². The number of carbonyl (C=O) groups is 1. The first-order valence-corrected chi connectivity index (χ1v) is 23.1. The van der Waals surface area contributed by atoms with Crippen LogP contribution in [0.5, 0.6) is 0 Å². The van der Waals surface area contributed by atoms with Crippen LogP contribution in [-0.4, -0.2) is 87.5 Å². The number of nitrogens with one attached hydrogen (secondary N) is 1. The normalized spacial score (nSPS) is 21.5. The van der Waals surface area contributed by atoms with Crippen molar-refractivity contribution in [2.75, 3.05) is 13.2 Å². The van der Waals surface area contributed by atoms with E-state index < -0.39 is 49.5 Å². The van der Waals surface area contributed by atoms with E-state index >= 15 is 0 Å². The summed E-state index contributed by atoms with van der Waals surface area (Å²) < 4.78 is 11.2. The highest BCUT2D eigenvalue weighted by atomic mass is 16.7. The molecule has 1 heterocycles. The Morgan fingerprint density at radius 3 is 1.47 bits per heavy atom. The van der Waals surface area contributed by atoms with Crippen LogP contribution >= 0.6 is 0 Å². The number of carbonyl (C=O) groups excluding carboxylic acids is 1. The fraction of sp³-hybridized carbons (Fsp3) is 0.891. The third-order valence-corrected chi connectivity index (χ3v) is 11.0. The Balaban J connectivity index is 2.33. The highest BCUT2D eigenvalue weighted by Crippen LogP contribution is 2.22. The summed E-state index contributed by atoms with van der Waals surface area (Å²) in [4.78, 5) is 12.9. The maximum Gasteiger partial charge on any atom is 0.220 e. The number of amides is 1. The molecule has 1 fully saturated rings. The molecule has 9 nitrogen and oxygen atoms in total. The Labute approximate surface area is 337 Å². The van der Waals surface area contributed by atoms with Gasteiger partial charge in [-0.1, -0.05) is 179 Å². The smallest absolute Gasteiger partial charge is 0.220 e. The van der Waals surface area contributed by atoms with Gasteiger partial charge in [-0.15, -0.1) is 0 Å². The summed E-state index contributed by atoms with van der Waals surface area (Å²) in [7, 11) is 0. The van der Waals surface area contributed by atoms with E-state index in [1.165, 1.54) is 148 Å². The molecular formula is C46H87NO8. The van der Waals surface area contributed by atoms with Crippen LogP contribution in [0.4, 0.5) is 0 Å². The molecule has 1 aliphatic rings. The first-order valence-electron chi connectivity index (χ1n) is 23.1. The molecule has 0 saturated carbocycles. The molecule has 0 aliphatic carbocycles. The second kappa shape index (κ2) is 37.0. The molecule has 0 spiro atoms. The van der Waals surface area contributed by atoms with Crippen molar-refractivity contribution in [1.29, 1.82) is 0 Å². The van der Waals surface area contributed by atoms with Crippen molar-refractivity contribution >= 4 is 5.91 Å². The quantitative estimate of drug-likeness (QED) is 0.0268. The van der Waals surface area contributed by atoms with Gasteiger partial charge in [0, 0.05) is 6.42 Å². The van der Waals surface area contributed by atoms with E-state index in [1.54, 1.807) is 6.08 Å². The van der Waals surface area contributed by atoms with Gasteiger partial charge in [-0.2, -0.15) is 0 Å². The van der Waals surface area contributed by atoms with E-state index in [1.807, 2.05) is 6.08 Å². The number of aliphatic hydroxyl groups excluding tert-OH is 5. The van der Waals surface area contributed by atoms with E-state index in [0.717, 1.165) is 38.5 Å². The van der Waals surface area contributed by atoms with Crippen LogP contribution in [0.3, 0.4) is 0 Å². The van der Waals surface area contributed by atoms with Crippen molar-refractivity contribution in [2.24, 2.45) is 0 Å². The molecule has 6 N–H and O–H groups in total. The summed E-state index contributed by atoms with van der Waals surface area (Å²) >= 11 is 0. The lowest BCUT2D eigenvalue weighted by Gasteiger charge is -2.40. The van der Waals surface area contributed by atoms with Crippen molar-refractivity contribution in [3.05, 3.63) is 24.3 Å². The fourth-order valence-corrected chi connectivity index (χ4v) is 7.27. The van der Waals surface area contributed by atoms with Crippen molar-refractivity contribution < 1.29 is 39.8 Å². The number of ether oxygens (including phenoxy) is 2. The standard InChI is InChI=1S/C46H87NO8/c1-3-5-7-9-11-13-15-17-18-19-20-21-22-24-26-28-30-32-34-36-42(50)47-39(38-54-46-45(53)44(52)43(51)41(37-48)55-46)40(49)35-33-31-29-27-25-23-16-14-12-10-8-6-4-2/h17-18,33,35,39-41,43-46,48-49,51-53H,3-16,19-32,34,36-38H2,1-2H3,(H,47,50)/b18-17+,35-33+/t39-,40+,41-,43-,44?,45?,46-/m0/s1. The van der Waals surface area contributed by atoms with Crippen LogP contribution in [0.25, 0.3) is 0 Å². The molecule has 55 heavy (non-hydrogen) atoms. The minimum Gasteiger partial charge on any atom is -0.394 e. The molecular weight excluding hydrogens is 695 g/mol. The lowest BCUT2D eigenvalue weighted by Crippen LogP contribution is -2.60. The maximum absolute atomic E-state index is 12.9. The van der Waals surface area contributed by atoms with Gasteiger partial charge < -0.3 is 40.3 Å². The van der Waals surface area contributed by atoms with Gasteiger partial charge in [-0.3, -0.25) is 4.79 Å². The molecule has 1 saturated heterocycles. The number of hydrogen-bond donors (Lipinski definition) is 6. The first kappa shape index (κ1) is 51.7. The highest BCUT2D eigenvalue weighted by molar-refractivity contribution is 5.76. The van der Waals surface area contributed by atoms with Gasteiger partial charge >= 0.3 is 0 Å². The zero-order valence-corrected chi connectivity index (χ0v) is 35.4. The average Bonchev–Trinajstić information content (AvgIpc) is 3.18. The Hall–Kier alpha value is -1.33. The van der Waals surface area contributed by atoms with E-state index in [-0.39, 0.29) is 12.5 Å². The summed E-state index contributed by atoms with van der Waals surface area (Å²) in [5, 5.41) is 54.1. The Kier molecular flexibility index (Phi) is 34.7. The van der Waals surface area contributed by atoms with Crippen LogP contribution in [0.2, 0.25) is 0 Å². The minimum atomic E-state index is -1.56. The average molecular weight is 782 g/mol. The molecule has 324 valence electrons. The molecule has 1 aliphatic heterocycles. The monoisotopic (exact) mass is 782 g/mol. The number of aliphatic hydroxyl groups is 5. The number of allylic oxidation sites excluding steroid dienone is 3. The minimum absolute atomic E-state index is 0.179. The fourth-order valence-electron chi connectivity index (χ4n) is 7.27. The SMILES string of the molecule is CCCCCCCC/C=C/CCCCCCCCCCCC(=O)N[C@@H](CO[C@H]1O[C@@H](CO)[C@H](O)C(O)C1O)[C@H](O)/C=C/CCCCCCCCCCCCC. The van der Waals surface area contributed by atoms with Crippen LogP contribution in [0.1, 0.15) is 206 Å². The second-order valence-electron chi connectivity index (χ2n) is 16.2. The third kappa shape index (κ3) is 27.9. The zero-order valence-electron chi connectivity index (χ0n) is 35.4. The molecule has 9 heteroatoms. The Bertz CT molecular complexity index is 914. The molecule has 1 amide bonds. The van der Waals surface area contributed by atoms with Crippen molar-refractivity contribution in [1.82, 2.24) is 5.32 Å². The molecule has 0 aromatic heterocycles. The summed E-state index contributed by atoms with van der Waals surface area (Å²) in [5.41, 5.74) is 0. The van der Waals surface area contributed by atoms with E-state index in [2.05, 4.69) is 31.3 Å². The maximum atomic E-state index is 12.9. The van der Waals surface area contributed by atoms with E-state index in [4.69, 9.17) is 9.47 Å². The highest BCUT2D eigenvalue weighted by Gasteiger charge is 2.44. The van der Waals surface area contributed by atoms with E-state index in [9.17, 15) is 30.3 Å². The first-order chi connectivity index (χ1) is 26.8. The largest absolute Gasteiger partial charge is 0.394 e. The molecule has 2 unspecified atom stereocenters. The molecule has 0 aromatic carbocycles. The molecule has 1 rings (SSSR count). The topological polar surface area (TPSA) is 149 Å². The molecule has 0 bridgehead atoms. The predicted molar refractivity (Wildman–Crippen MR) is 226 cm³/mol. The molecule has 0 aromatic rings. The number of unbranched alkanes of at least 4 members (excludes halogenated alkanes) is 26. The van der Waals surface area contributed by atoms with E-state index in [0.29, 0.717) is 6.42 Å². The van der Waals surface area contributed by atoms with Crippen LogP contribution in [-0.2, 0) is 14.3 Å². The van der Waals surface area contributed by atoms with Gasteiger partial charge in [0.25, 0.3) is 0 Å². The van der Waals surface area contributed by atoms with Crippen molar-refractivity contribution in [3.63, 3.8) is 0 Å². The summed E-state index contributed by atoms with van der Waals surface area (Å²) in [6.07, 6.45) is 36.4. The van der Waals surface area contributed by atoms with Gasteiger partial charge in [0.15, 0.2) is 6.29 Å². The summed E-state index contributed by atoms with van der Waals surface area (Å²) in [5.74, 6) is -0.179. The Morgan fingerprint density at radius 1 is 0.600 bits per heavy atom. The third-order valence-electron chi connectivity index (χ3n) is 11.0. The van der Waals surface area contributed by atoms with Crippen molar-refractivity contribution in [2.45, 2.75) is 249 Å². The lowest BCUT2D eigenvalue weighted by molar-refractivity contribution is -0.302. The lowest BCUT2D eigenvalue weighted by atomic mass is 9.99. The van der Waals surface area contributed by atoms with Crippen LogP contribution in [0.15, 0.2) is 24.3 Å². The molecule has 7 atom stereocenters. The van der Waals surface area contributed by atoms with Gasteiger partial charge in [0.05, 0.1) is 25.4 Å². The number of rotatable bonds is 38. The summed E-state index contributed by atoms with van der Waals surface area (Å²) in [6.45, 7) is 3.76.